The second-order valence-electron chi connectivity index (χ2n) is 12.1. The van der Waals surface area contributed by atoms with Crippen molar-refractivity contribution in [2.24, 2.45) is 11.8 Å². The Bertz CT molecular complexity index is 1400. The van der Waals surface area contributed by atoms with Gasteiger partial charge in [0.15, 0.2) is 0 Å². The number of piperidine rings is 1. The lowest BCUT2D eigenvalue weighted by Gasteiger charge is -2.33. The first-order valence-electron chi connectivity index (χ1n) is 15.7. The molecule has 3 N–H and O–H groups in total. The maximum Gasteiger partial charge on any atom is 0.225 e. The van der Waals surface area contributed by atoms with Gasteiger partial charge in [-0.25, -0.2) is 4.98 Å². The molecule has 1 aliphatic carbocycles. The molecule has 6 nitrogen and oxygen atoms in total. The zero-order valence-electron chi connectivity index (χ0n) is 24.8. The Morgan fingerprint density at radius 1 is 0.762 bits per heavy atom. The molecule has 0 radical (unpaired) electrons. The molecule has 6 rings (SSSR count). The van der Waals surface area contributed by atoms with Crippen LogP contribution in [0.5, 0.6) is 0 Å². The number of para-hydroxylation sites is 1. The molecule has 1 saturated heterocycles. The van der Waals surface area contributed by atoms with E-state index >= 15 is 0 Å². The van der Waals surface area contributed by atoms with Crippen molar-refractivity contribution in [1.82, 2.24) is 19.6 Å². The van der Waals surface area contributed by atoms with Gasteiger partial charge < -0.3 is 10.6 Å². The first-order valence-corrected chi connectivity index (χ1v) is 16.5. The van der Waals surface area contributed by atoms with E-state index in [0.717, 1.165) is 74.2 Å². The van der Waals surface area contributed by atoms with Crippen molar-refractivity contribution < 1.29 is 0 Å². The Hall–Kier alpha value is -3.13. The van der Waals surface area contributed by atoms with E-state index in [2.05, 4.69) is 106 Å². The average molecular weight is 581 g/mol. The summed E-state index contributed by atoms with van der Waals surface area (Å²) in [5.41, 5.74) is 3.70. The predicted molar refractivity (Wildman–Crippen MR) is 177 cm³/mol. The molecule has 1 aliphatic heterocycles. The first kappa shape index (κ1) is 29.0. The summed E-state index contributed by atoms with van der Waals surface area (Å²) in [4.78, 5) is 13.7. The van der Waals surface area contributed by atoms with Gasteiger partial charge in [0.05, 0.1) is 5.52 Å². The molecule has 42 heavy (non-hydrogen) atoms. The summed E-state index contributed by atoms with van der Waals surface area (Å²) in [6, 6.07) is 28.4. The number of hydrogen-bond donors (Lipinski definition) is 3. The SMILES string of the molecule is Cc1ccc(SNCC2CCC(CNc3nc(NC4CCN(Cc5ccccc5)CC4)c4ccccc4n3)CC2)cc1. The van der Waals surface area contributed by atoms with E-state index in [0.29, 0.717) is 12.0 Å². The van der Waals surface area contributed by atoms with Gasteiger partial charge in [0.1, 0.15) is 5.82 Å². The third-order valence-corrected chi connectivity index (χ3v) is 9.70. The van der Waals surface area contributed by atoms with Gasteiger partial charge in [0.25, 0.3) is 0 Å². The topological polar surface area (TPSA) is 65.1 Å². The summed E-state index contributed by atoms with van der Waals surface area (Å²) < 4.78 is 3.60. The maximum absolute atomic E-state index is 5.00. The third-order valence-electron chi connectivity index (χ3n) is 8.88. The first-order chi connectivity index (χ1) is 20.7. The average Bonchev–Trinajstić information content (AvgIpc) is 3.03. The number of fused-ring (bicyclic) bond motifs is 1. The van der Waals surface area contributed by atoms with E-state index in [1.807, 2.05) is 0 Å². The molecule has 0 unspecified atom stereocenters. The highest BCUT2D eigenvalue weighted by molar-refractivity contribution is 7.97. The fourth-order valence-corrected chi connectivity index (χ4v) is 7.02. The summed E-state index contributed by atoms with van der Waals surface area (Å²) in [5, 5.41) is 8.52. The van der Waals surface area contributed by atoms with E-state index in [-0.39, 0.29) is 0 Å². The van der Waals surface area contributed by atoms with Crippen molar-refractivity contribution in [2.75, 3.05) is 36.8 Å². The van der Waals surface area contributed by atoms with Gasteiger partial charge in [-0.2, -0.15) is 4.98 Å². The number of aryl methyl sites for hydroxylation is 1. The molecule has 0 amide bonds. The van der Waals surface area contributed by atoms with Crippen molar-refractivity contribution >= 4 is 34.6 Å². The number of nitrogens with zero attached hydrogens (tertiary/aromatic N) is 3. The Balaban J connectivity index is 0.978. The van der Waals surface area contributed by atoms with Gasteiger partial charge in [0, 0.05) is 49.0 Å². The van der Waals surface area contributed by atoms with Crippen LogP contribution in [0.3, 0.4) is 0 Å². The second-order valence-corrected chi connectivity index (χ2v) is 13.1. The number of nitrogens with one attached hydrogen (secondary N) is 3. The van der Waals surface area contributed by atoms with Gasteiger partial charge in [-0.15, -0.1) is 0 Å². The Kier molecular flexibility index (Phi) is 9.90. The number of hydrogen-bond acceptors (Lipinski definition) is 7. The molecule has 4 aromatic rings. The second kappa shape index (κ2) is 14.4. The molecule has 7 heteroatoms. The minimum absolute atomic E-state index is 0.427. The van der Waals surface area contributed by atoms with Crippen LogP contribution in [0, 0.1) is 18.8 Å². The van der Waals surface area contributed by atoms with Crippen LogP contribution >= 0.6 is 11.9 Å². The third kappa shape index (κ3) is 8.03. The summed E-state index contributed by atoms with van der Waals surface area (Å²) in [5.74, 6) is 3.14. The Morgan fingerprint density at radius 3 is 2.21 bits per heavy atom. The lowest BCUT2D eigenvalue weighted by Crippen LogP contribution is -2.38. The molecule has 0 atom stereocenters. The summed E-state index contributed by atoms with van der Waals surface area (Å²) in [6.45, 7) is 7.38. The number of rotatable bonds is 11. The normalized spacial score (nSPS) is 20.0. The molecule has 2 aliphatic rings. The molecule has 220 valence electrons. The minimum atomic E-state index is 0.427. The fraction of sp³-hybridized carbons (Fsp3) is 0.429. The van der Waals surface area contributed by atoms with Crippen LogP contribution in [0.2, 0.25) is 0 Å². The summed E-state index contributed by atoms with van der Waals surface area (Å²) in [7, 11) is 0. The molecule has 1 aromatic heterocycles. The molecule has 0 spiro atoms. The summed E-state index contributed by atoms with van der Waals surface area (Å²) >= 11 is 1.76. The molecule has 2 fully saturated rings. The lowest BCUT2D eigenvalue weighted by atomic mass is 9.82. The minimum Gasteiger partial charge on any atom is -0.367 e. The van der Waals surface area contributed by atoms with Crippen LogP contribution in [0.25, 0.3) is 10.9 Å². The van der Waals surface area contributed by atoms with Crippen molar-refractivity contribution in [3.63, 3.8) is 0 Å². The molecule has 0 bridgehead atoms. The van der Waals surface area contributed by atoms with Crippen LogP contribution in [-0.4, -0.2) is 47.1 Å². The van der Waals surface area contributed by atoms with Crippen molar-refractivity contribution in [1.29, 1.82) is 0 Å². The number of aromatic nitrogens is 2. The van der Waals surface area contributed by atoms with Crippen LogP contribution in [0.1, 0.15) is 49.7 Å². The highest BCUT2D eigenvalue weighted by Crippen LogP contribution is 2.30. The zero-order chi connectivity index (χ0) is 28.6. The van der Waals surface area contributed by atoms with Crippen molar-refractivity contribution in [2.45, 2.75) is 62.9 Å². The largest absolute Gasteiger partial charge is 0.367 e. The molecule has 3 aromatic carbocycles. The highest BCUT2D eigenvalue weighted by Gasteiger charge is 2.23. The van der Waals surface area contributed by atoms with Crippen LogP contribution < -0.4 is 15.4 Å². The molecule has 1 saturated carbocycles. The summed E-state index contributed by atoms with van der Waals surface area (Å²) in [6.07, 6.45) is 7.32. The van der Waals surface area contributed by atoms with Gasteiger partial charge in [-0.1, -0.05) is 60.2 Å². The van der Waals surface area contributed by atoms with E-state index in [1.54, 1.807) is 11.9 Å². The van der Waals surface area contributed by atoms with E-state index < -0.39 is 0 Å². The van der Waals surface area contributed by atoms with Gasteiger partial charge in [-0.05, 0) is 99.1 Å². The molecule has 2 heterocycles. The number of benzene rings is 3. The number of anilines is 2. The fourth-order valence-electron chi connectivity index (χ4n) is 6.26. The van der Waals surface area contributed by atoms with Crippen LogP contribution in [-0.2, 0) is 6.54 Å². The Morgan fingerprint density at radius 2 is 1.45 bits per heavy atom. The van der Waals surface area contributed by atoms with E-state index in [4.69, 9.17) is 9.97 Å². The van der Waals surface area contributed by atoms with Crippen molar-refractivity contribution in [3.05, 3.63) is 90.0 Å². The van der Waals surface area contributed by atoms with Crippen LogP contribution in [0.4, 0.5) is 11.8 Å². The lowest BCUT2D eigenvalue weighted by molar-refractivity contribution is 0.211. The smallest absolute Gasteiger partial charge is 0.225 e. The van der Waals surface area contributed by atoms with E-state index in [1.165, 1.54) is 41.7 Å². The molecular formula is C35H44N6S. The van der Waals surface area contributed by atoms with Gasteiger partial charge in [-0.3, -0.25) is 9.62 Å². The van der Waals surface area contributed by atoms with Gasteiger partial charge in [0.2, 0.25) is 5.95 Å². The van der Waals surface area contributed by atoms with Crippen molar-refractivity contribution in [3.8, 4) is 0 Å². The van der Waals surface area contributed by atoms with Gasteiger partial charge >= 0.3 is 0 Å². The highest BCUT2D eigenvalue weighted by atomic mass is 32.2. The maximum atomic E-state index is 5.00. The zero-order valence-corrected chi connectivity index (χ0v) is 25.6. The standard InChI is InChI=1S/C35H44N6S/c1-26-11-17-31(18-12-26)42-37-24-28-15-13-27(14-16-28)23-36-35-39-33-10-6-5-9-32(33)34(40-35)38-30-19-21-41(22-20-30)25-29-7-3-2-4-8-29/h2-12,17-18,27-28,30,37H,13-16,19-25H2,1H3,(H2,36,38,39,40). The van der Waals surface area contributed by atoms with E-state index in [9.17, 15) is 0 Å². The quantitative estimate of drug-likeness (QED) is 0.159. The monoisotopic (exact) mass is 580 g/mol. The van der Waals surface area contributed by atoms with Crippen LogP contribution in [0.15, 0.2) is 83.8 Å². The molecular weight excluding hydrogens is 536 g/mol. The Labute approximate surface area is 255 Å². The predicted octanol–water partition coefficient (Wildman–Crippen LogP) is 7.53. The number of likely N-dealkylation sites (tertiary alicyclic amines) is 1.